The van der Waals surface area contributed by atoms with Crippen molar-refractivity contribution in [3.05, 3.63) is 17.4 Å². The first-order valence-corrected chi connectivity index (χ1v) is 2.87. The molecule has 0 fully saturated rings. The number of aromatic nitrogens is 2. The monoisotopic (exact) mass is 143 g/mol. The zero-order valence-corrected chi connectivity index (χ0v) is 5.68. The van der Waals surface area contributed by atoms with Gasteiger partial charge in [-0.05, 0) is 6.07 Å². The summed E-state index contributed by atoms with van der Waals surface area (Å²) in [7, 11) is 1.78. The van der Waals surface area contributed by atoms with Gasteiger partial charge in [0.05, 0.1) is 11.9 Å². The third-order valence-electron chi connectivity index (χ3n) is 0.945. The lowest BCUT2D eigenvalue weighted by Gasteiger charge is -1.97. The summed E-state index contributed by atoms with van der Waals surface area (Å²) in [6.07, 6.45) is 1.58. The van der Waals surface area contributed by atoms with E-state index in [4.69, 9.17) is 11.6 Å². The molecule has 1 heterocycles. The highest BCUT2D eigenvalue weighted by Gasteiger charge is 1.94. The summed E-state index contributed by atoms with van der Waals surface area (Å²) < 4.78 is 0. The maximum Gasteiger partial charge on any atom is 0.174 e. The van der Waals surface area contributed by atoms with Gasteiger partial charge in [0.25, 0.3) is 0 Å². The van der Waals surface area contributed by atoms with Gasteiger partial charge in [0.15, 0.2) is 5.15 Å². The molecule has 0 aliphatic carbocycles. The third-order valence-corrected chi connectivity index (χ3v) is 1.22. The van der Waals surface area contributed by atoms with Crippen LogP contribution in [-0.4, -0.2) is 17.2 Å². The lowest BCUT2D eigenvalue weighted by Crippen LogP contribution is -1.91. The Hall–Kier alpha value is -0.830. The van der Waals surface area contributed by atoms with Crippen LogP contribution in [0.5, 0.6) is 0 Å². The molecule has 0 saturated heterocycles. The molecule has 0 atom stereocenters. The molecule has 0 aromatic carbocycles. The van der Waals surface area contributed by atoms with Gasteiger partial charge in [-0.3, -0.25) is 0 Å². The SMILES string of the molecule is CNc1ccnnc1Cl. The highest BCUT2D eigenvalue weighted by atomic mass is 35.5. The van der Waals surface area contributed by atoms with Gasteiger partial charge in [0, 0.05) is 7.05 Å². The van der Waals surface area contributed by atoms with Crippen LogP contribution in [0.2, 0.25) is 5.15 Å². The lowest BCUT2D eigenvalue weighted by atomic mass is 10.5. The largest absolute Gasteiger partial charge is 0.386 e. The molecule has 1 aromatic heterocycles. The average molecular weight is 144 g/mol. The van der Waals surface area contributed by atoms with Crippen molar-refractivity contribution in [2.45, 2.75) is 0 Å². The van der Waals surface area contributed by atoms with E-state index in [1.54, 1.807) is 19.3 Å². The molecule has 0 amide bonds. The molecule has 0 bridgehead atoms. The van der Waals surface area contributed by atoms with Crippen LogP contribution in [-0.2, 0) is 0 Å². The van der Waals surface area contributed by atoms with E-state index in [2.05, 4.69) is 15.5 Å². The van der Waals surface area contributed by atoms with Crippen LogP contribution in [0.1, 0.15) is 0 Å². The summed E-state index contributed by atoms with van der Waals surface area (Å²) in [6, 6.07) is 1.76. The Morgan fingerprint density at radius 3 is 2.89 bits per heavy atom. The van der Waals surface area contributed by atoms with Gasteiger partial charge < -0.3 is 5.32 Å². The molecule has 0 aliphatic rings. The first-order valence-electron chi connectivity index (χ1n) is 2.49. The van der Waals surface area contributed by atoms with Crippen molar-refractivity contribution in [3.63, 3.8) is 0 Å². The van der Waals surface area contributed by atoms with Gasteiger partial charge in [0.1, 0.15) is 0 Å². The van der Waals surface area contributed by atoms with E-state index in [0.717, 1.165) is 5.69 Å². The summed E-state index contributed by atoms with van der Waals surface area (Å²) >= 11 is 5.59. The summed E-state index contributed by atoms with van der Waals surface area (Å²) in [5.41, 5.74) is 0.798. The molecule has 0 aliphatic heterocycles. The van der Waals surface area contributed by atoms with E-state index >= 15 is 0 Å². The van der Waals surface area contributed by atoms with Gasteiger partial charge in [-0.25, -0.2) is 0 Å². The van der Waals surface area contributed by atoms with Crippen LogP contribution in [0.15, 0.2) is 12.3 Å². The highest BCUT2D eigenvalue weighted by molar-refractivity contribution is 6.31. The molecular formula is C5H6ClN3. The minimum atomic E-state index is 0.403. The maximum absolute atomic E-state index is 5.59. The fourth-order valence-corrected chi connectivity index (χ4v) is 0.702. The van der Waals surface area contributed by atoms with E-state index in [1.165, 1.54) is 0 Å². The predicted octanol–water partition coefficient (Wildman–Crippen LogP) is 1.17. The zero-order chi connectivity index (χ0) is 6.69. The van der Waals surface area contributed by atoms with Gasteiger partial charge in [-0.1, -0.05) is 11.6 Å². The van der Waals surface area contributed by atoms with Crippen molar-refractivity contribution < 1.29 is 0 Å². The topological polar surface area (TPSA) is 37.8 Å². The average Bonchev–Trinajstić information content (AvgIpc) is 1.89. The number of nitrogens with zero attached hydrogens (tertiary/aromatic N) is 2. The van der Waals surface area contributed by atoms with Crippen molar-refractivity contribution in [1.29, 1.82) is 0 Å². The summed E-state index contributed by atoms with van der Waals surface area (Å²) in [6.45, 7) is 0. The van der Waals surface area contributed by atoms with E-state index in [9.17, 15) is 0 Å². The van der Waals surface area contributed by atoms with E-state index in [1.807, 2.05) is 0 Å². The van der Waals surface area contributed by atoms with Crippen LogP contribution in [0.4, 0.5) is 5.69 Å². The number of hydrogen-bond donors (Lipinski definition) is 1. The van der Waals surface area contributed by atoms with Gasteiger partial charge in [-0.15, -0.1) is 5.10 Å². The Morgan fingerprint density at radius 2 is 2.44 bits per heavy atom. The van der Waals surface area contributed by atoms with Crippen LogP contribution >= 0.6 is 11.6 Å². The fraction of sp³-hybridized carbons (Fsp3) is 0.200. The molecule has 48 valence electrons. The quantitative estimate of drug-likeness (QED) is 0.642. The summed E-state index contributed by atoms with van der Waals surface area (Å²) in [5.74, 6) is 0. The van der Waals surface area contributed by atoms with Crippen LogP contribution in [0, 0.1) is 0 Å². The second kappa shape index (κ2) is 2.64. The zero-order valence-electron chi connectivity index (χ0n) is 4.93. The van der Waals surface area contributed by atoms with Crippen molar-refractivity contribution in [2.75, 3.05) is 12.4 Å². The predicted molar refractivity (Wildman–Crippen MR) is 36.6 cm³/mol. The first kappa shape index (κ1) is 6.29. The number of rotatable bonds is 1. The fourth-order valence-electron chi connectivity index (χ4n) is 0.501. The molecule has 0 unspecified atom stereocenters. The third kappa shape index (κ3) is 1.29. The first-order chi connectivity index (χ1) is 4.34. The maximum atomic E-state index is 5.59. The molecule has 1 aromatic rings. The molecular weight excluding hydrogens is 138 g/mol. The van der Waals surface area contributed by atoms with Crippen molar-refractivity contribution >= 4 is 17.3 Å². The van der Waals surface area contributed by atoms with Crippen LogP contribution < -0.4 is 5.32 Å². The highest BCUT2D eigenvalue weighted by Crippen LogP contribution is 2.14. The van der Waals surface area contributed by atoms with Gasteiger partial charge in [0.2, 0.25) is 0 Å². The number of nitrogens with one attached hydrogen (secondary N) is 1. The molecule has 1 N–H and O–H groups in total. The van der Waals surface area contributed by atoms with E-state index < -0.39 is 0 Å². The second-order valence-corrected chi connectivity index (χ2v) is 1.84. The Labute approximate surface area is 58.1 Å². The van der Waals surface area contributed by atoms with Crippen LogP contribution in [0.25, 0.3) is 0 Å². The molecule has 9 heavy (non-hydrogen) atoms. The number of anilines is 1. The molecule has 0 radical (unpaired) electrons. The smallest absolute Gasteiger partial charge is 0.174 e. The Kier molecular flexibility index (Phi) is 1.85. The van der Waals surface area contributed by atoms with Gasteiger partial charge >= 0.3 is 0 Å². The Balaban J connectivity index is 3.01. The van der Waals surface area contributed by atoms with Crippen molar-refractivity contribution in [1.82, 2.24) is 10.2 Å². The minimum Gasteiger partial charge on any atom is -0.386 e. The molecule has 3 nitrogen and oxygen atoms in total. The molecule has 4 heteroatoms. The molecule has 1 rings (SSSR count). The number of halogens is 1. The van der Waals surface area contributed by atoms with Crippen molar-refractivity contribution in [2.24, 2.45) is 0 Å². The molecule has 0 saturated carbocycles. The van der Waals surface area contributed by atoms with E-state index in [-0.39, 0.29) is 0 Å². The summed E-state index contributed by atoms with van der Waals surface area (Å²) in [4.78, 5) is 0. The molecule has 0 spiro atoms. The lowest BCUT2D eigenvalue weighted by molar-refractivity contribution is 1.03. The number of hydrogen-bond acceptors (Lipinski definition) is 3. The Morgan fingerprint density at radius 1 is 1.67 bits per heavy atom. The standard InChI is InChI=1S/C5H6ClN3/c1-7-4-2-3-8-9-5(4)6/h2-3H,1H3,(H,7,8). The normalized spacial score (nSPS) is 9.11. The minimum absolute atomic E-state index is 0.403. The van der Waals surface area contributed by atoms with Crippen LogP contribution in [0.3, 0.4) is 0 Å². The van der Waals surface area contributed by atoms with E-state index in [0.29, 0.717) is 5.15 Å². The second-order valence-electron chi connectivity index (χ2n) is 1.49. The van der Waals surface area contributed by atoms with Crippen molar-refractivity contribution in [3.8, 4) is 0 Å². The van der Waals surface area contributed by atoms with Gasteiger partial charge in [-0.2, -0.15) is 5.10 Å². The summed E-state index contributed by atoms with van der Waals surface area (Å²) in [5, 5.41) is 10.4. The Bertz CT molecular complexity index is 201.